The minimum Gasteiger partial charge on any atom is -0.491 e. The minimum absolute atomic E-state index is 0.323. The van der Waals surface area contributed by atoms with Crippen molar-refractivity contribution in [3.63, 3.8) is 0 Å². The fourth-order valence-electron chi connectivity index (χ4n) is 1.94. The van der Waals surface area contributed by atoms with Gasteiger partial charge >= 0.3 is 5.97 Å². The van der Waals surface area contributed by atoms with E-state index >= 15 is 0 Å². The van der Waals surface area contributed by atoms with Gasteiger partial charge < -0.3 is 19.9 Å². The van der Waals surface area contributed by atoms with Crippen LogP contribution in [0.2, 0.25) is 0 Å². The van der Waals surface area contributed by atoms with Crippen molar-refractivity contribution in [1.29, 1.82) is 0 Å². The van der Waals surface area contributed by atoms with Gasteiger partial charge in [-0.1, -0.05) is 0 Å². The molecule has 0 spiro atoms. The molecule has 0 fully saturated rings. The zero-order valence-electron chi connectivity index (χ0n) is 14.4. The number of ether oxygens (including phenoxy) is 2. The number of carbonyl (C=O) groups is 2. The highest BCUT2D eigenvalue weighted by atomic mass is 16.5. The van der Waals surface area contributed by atoms with Crippen LogP contribution in [0.3, 0.4) is 0 Å². The number of rotatable bonds is 8. The van der Waals surface area contributed by atoms with Gasteiger partial charge in [0.1, 0.15) is 12.4 Å². The van der Waals surface area contributed by atoms with E-state index in [-0.39, 0.29) is 5.91 Å². The molecule has 0 saturated heterocycles. The van der Waals surface area contributed by atoms with E-state index in [1.807, 2.05) is 0 Å². The van der Waals surface area contributed by atoms with Crippen molar-refractivity contribution >= 4 is 17.6 Å². The molecular weight excluding hydrogens is 326 g/mol. The Balaban J connectivity index is 2.00. The maximum Gasteiger partial charge on any atom is 0.331 e. The number of anilines is 1. The molecule has 25 heavy (non-hydrogen) atoms. The predicted octanol–water partition coefficient (Wildman–Crippen LogP) is 1.98. The van der Waals surface area contributed by atoms with Crippen molar-refractivity contribution in [2.24, 2.45) is 0 Å². The largest absolute Gasteiger partial charge is 0.491 e. The van der Waals surface area contributed by atoms with E-state index in [9.17, 15) is 14.7 Å². The molecule has 2 rings (SSSR count). The van der Waals surface area contributed by atoms with Gasteiger partial charge in [-0.2, -0.15) is 5.10 Å². The van der Waals surface area contributed by atoms with Gasteiger partial charge in [0.05, 0.1) is 18.5 Å². The van der Waals surface area contributed by atoms with Gasteiger partial charge in [-0.25, -0.2) is 4.79 Å². The number of methoxy groups -OCH3 is 1. The average molecular weight is 347 g/mol. The van der Waals surface area contributed by atoms with E-state index in [1.165, 1.54) is 30.9 Å². The molecule has 2 aromatic rings. The van der Waals surface area contributed by atoms with Crippen molar-refractivity contribution in [2.45, 2.75) is 19.4 Å². The van der Waals surface area contributed by atoms with Crippen LogP contribution in [0.15, 0.2) is 36.7 Å². The lowest BCUT2D eigenvalue weighted by molar-refractivity contribution is -0.146. The Kier molecular flexibility index (Phi) is 5.76. The van der Waals surface area contributed by atoms with Gasteiger partial charge in [-0.3, -0.25) is 9.48 Å². The molecule has 0 saturated carbocycles. The monoisotopic (exact) mass is 347 g/mol. The van der Waals surface area contributed by atoms with Crippen molar-refractivity contribution in [3.8, 4) is 5.75 Å². The number of aromatic nitrogens is 2. The number of aliphatic carboxylic acids is 1. The van der Waals surface area contributed by atoms with Crippen LogP contribution < -0.4 is 10.1 Å². The van der Waals surface area contributed by atoms with Crippen molar-refractivity contribution in [2.75, 3.05) is 25.6 Å². The van der Waals surface area contributed by atoms with Crippen molar-refractivity contribution in [3.05, 3.63) is 42.2 Å². The van der Waals surface area contributed by atoms with Gasteiger partial charge in [0.15, 0.2) is 5.54 Å². The third-order valence-corrected chi connectivity index (χ3v) is 3.61. The van der Waals surface area contributed by atoms with Crippen molar-refractivity contribution in [1.82, 2.24) is 9.78 Å². The summed E-state index contributed by atoms with van der Waals surface area (Å²) >= 11 is 0. The molecule has 1 aromatic heterocycles. The summed E-state index contributed by atoms with van der Waals surface area (Å²) in [7, 11) is 1.59. The second-order valence-electron chi connectivity index (χ2n) is 5.86. The first-order valence-electron chi connectivity index (χ1n) is 7.66. The number of nitrogens with one attached hydrogen (secondary N) is 1. The van der Waals surface area contributed by atoms with Gasteiger partial charge in [0.25, 0.3) is 5.91 Å². The van der Waals surface area contributed by atoms with Crippen LogP contribution in [0.4, 0.5) is 5.69 Å². The molecule has 8 heteroatoms. The second-order valence-corrected chi connectivity index (χ2v) is 5.86. The summed E-state index contributed by atoms with van der Waals surface area (Å²) in [6.45, 7) is 3.96. The topological polar surface area (TPSA) is 103 Å². The van der Waals surface area contributed by atoms with Crippen LogP contribution in [0.25, 0.3) is 0 Å². The number of nitrogens with zero attached hydrogens (tertiary/aromatic N) is 2. The van der Waals surface area contributed by atoms with Gasteiger partial charge in [-0.15, -0.1) is 0 Å². The zero-order valence-corrected chi connectivity index (χ0v) is 14.4. The van der Waals surface area contributed by atoms with Gasteiger partial charge in [0, 0.05) is 18.9 Å². The minimum atomic E-state index is -1.20. The summed E-state index contributed by atoms with van der Waals surface area (Å²) in [5.41, 5.74) is -0.339. The number of hydrogen-bond acceptors (Lipinski definition) is 5. The molecule has 2 N–H and O–H groups in total. The fourth-order valence-corrected chi connectivity index (χ4v) is 1.94. The molecule has 134 valence electrons. The van der Waals surface area contributed by atoms with E-state index in [4.69, 9.17) is 9.47 Å². The SMILES string of the molecule is COCCOc1ccc(C(=O)Nc2cnn(C(C)(C)C(=O)O)c2)cc1. The lowest BCUT2D eigenvalue weighted by Gasteiger charge is -2.19. The lowest BCUT2D eigenvalue weighted by Crippen LogP contribution is -2.35. The molecule has 0 radical (unpaired) electrons. The summed E-state index contributed by atoms with van der Waals surface area (Å²) in [4.78, 5) is 23.5. The first kappa shape index (κ1) is 18.5. The molecule has 0 aliphatic heterocycles. The number of hydrogen-bond donors (Lipinski definition) is 2. The maximum atomic E-state index is 12.3. The first-order valence-corrected chi connectivity index (χ1v) is 7.66. The number of carboxylic acid groups (broad SMARTS) is 1. The van der Waals surface area contributed by atoms with E-state index in [2.05, 4.69) is 10.4 Å². The molecule has 0 bridgehead atoms. The Morgan fingerprint density at radius 3 is 2.52 bits per heavy atom. The summed E-state index contributed by atoms with van der Waals surface area (Å²) in [6, 6.07) is 6.68. The molecule has 8 nitrogen and oxygen atoms in total. The molecule has 1 amide bonds. The Bertz CT molecular complexity index is 737. The molecular formula is C17H21N3O5. The summed E-state index contributed by atoms with van der Waals surface area (Å²) in [5, 5.41) is 15.9. The summed E-state index contributed by atoms with van der Waals surface area (Å²) in [6.07, 6.45) is 2.89. The van der Waals surface area contributed by atoms with E-state index in [0.717, 1.165) is 0 Å². The number of carbonyl (C=O) groups excluding carboxylic acids is 1. The highest BCUT2D eigenvalue weighted by Crippen LogP contribution is 2.18. The fraction of sp³-hybridized carbons (Fsp3) is 0.353. The van der Waals surface area contributed by atoms with Crippen molar-refractivity contribution < 1.29 is 24.2 Å². The standard InChI is InChI=1S/C17H21N3O5/c1-17(2,16(22)23)20-11-13(10-18-20)19-15(21)12-4-6-14(7-5-12)25-9-8-24-3/h4-7,10-11H,8-9H2,1-3H3,(H,19,21)(H,22,23). The van der Waals surface area contributed by atoms with Gasteiger partial charge in [0.2, 0.25) is 0 Å². The maximum absolute atomic E-state index is 12.3. The highest BCUT2D eigenvalue weighted by Gasteiger charge is 2.30. The van der Waals surface area contributed by atoms with Crippen LogP contribution in [-0.4, -0.2) is 47.1 Å². The zero-order chi connectivity index (χ0) is 18.4. The Morgan fingerprint density at radius 2 is 1.92 bits per heavy atom. The van der Waals surface area contributed by atoms with Crippen LogP contribution in [-0.2, 0) is 15.1 Å². The molecule has 1 heterocycles. The highest BCUT2D eigenvalue weighted by molar-refractivity contribution is 6.04. The Labute approximate surface area is 145 Å². The first-order chi connectivity index (χ1) is 11.8. The number of benzene rings is 1. The third-order valence-electron chi connectivity index (χ3n) is 3.61. The molecule has 0 atom stereocenters. The van der Waals surface area contributed by atoms with Crippen LogP contribution in [0.1, 0.15) is 24.2 Å². The summed E-state index contributed by atoms with van der Waals surface area (Å²) < 4.78 is 11.6. The molecule has 1 aromatic carbocycles. The smallest absolute Gasteiger partial charge is 0.331 e. The number of amides is 1. The Hall–Kier alpha value is -2.87. The summed E-state index contributed by atoms with van der Waals surface area (Å²) in [5.74, 6) is -0.696. The quantitative estimate of drug-likeness (QED) is 0.708. The third kappa shape index (κ3) is 4.57. The molecule has 0 aliphatic carbocycles. The second kappa shape index (κ2) is 7.80. The number of carboxylic acids is 1. The van der Waals surface area contributed by atoms with E-state index < -0.39 is 11.5 Å². The van der Waals surface area contributed by atoms with E-state index in [1.54, 1.807) is 31.4 Å². The Morgan fingerprint density at radius 1 is 1.24 bits per heavy atom. The van der Waals surface area contributed by atoms with Crippen LogP contribution in [0.5, 0.6) is 5.75 Å². The van der Waals surface area contributed by atoms with E-state index in [0.29, 0.717) is 30.2 Å². The normalized spacial score (nSPS) is 11.2. The van der Waals surface area contributed by atoms with Gasteiger partial charge in [-0.05, 0) is 38.1 Å². The predicted molar refractivity (Wildman–Crippen MR) is 91.0 cm³/mol. The molecule has 0 aliphatic rings. The van der Waals surface area contributed by atoms with Crippen LogP contribution in [0, 0.1) is 0 Å². The molecule has 0 unspecified atom stereocenters. The average Bonchev–Trinajstić information content (AvgIpc) is 3.04. The van der Waals surface area contributed by atoms with Crippen LogP contribution >= 0.6 is 0 Å². The lowest BCUT2D eigenvalue weighted by atomic mass is 10.1.